The first-order chi connectivity index (χ1) is 28.8. The highest BCUT2D eigenvalue weighted by atomic mass is 15.2. The minimum atomic E-state index is -0.449. The lowest BCUT2D eigenvalue weighted by Gasteiger charge is -2.30. The molecule has 0 atom stereocenters. The zero-order valence-corrected chi connectivity index (χ0v) is 31.4. The van der Waals surface area contributed by atoms with Gasteiger partial charge in [0.25, 0.3) is 0 Å². The quantitative estimate of drug-likeness (QED) is 0.181. The molecule has 0 amide bonds. The van der Waals surface area contributed by atoms with Crippen LogP contribution in [-0.2, 0) is 5.41 Å². The summed E-state index contributed by atoms with van der Waals surface area (Å²) in [6.07, 6.45) is 0. The Bertz CT molecular complexity index is 3470. The lowest BCUT2D eigenvalue weighted by Crippen LogP contribution is -2.25. The number of nitrogens with zero attached hydrogens (tertiary/aromatic N) is 3. The van der Waals surface area contributed by atoms with Gasteiger partial charge in [0.1, 0.15) is 0 Å². The molecule has 1 spiro atoms. The van der Waals surface area contributed by atoms with Crippen LogP contribution in [0.4, 0.5) is 0 Å². The maximum Gasteiger partial charge on any atom is 0.235 e. The SMILES string of the molecule is c1ccc2c(c1)-c1ccccc1C21c2ccccc2-c2c1ccc1c3ccccc3n(-c3nc(-c4ccc(-c5cccc6ccccc56)cc4)c4ccccc4n3)c21. The Morgan fingerprint density at radius 3 is 1.71 bits per heavy atom. The standard InChI is InChI=1S/C55H33N3/c1-2-16-37-34(14-1)15-13-22-38(37)35-28-30-36(31-29-35)52-44-21-6-11-26-49(44)56-54(57-52)58-50-27-12-7-19-41(50)42-32-33-48-51(53(42)58)43-20-5-10-25-47(43)55(48)45-23-8-3-17-39(45)40-18-4-9-24-46(40)55/h1-33H. The fourth-order valence-corrected chi connectivity index (χ4v) is 10.5. The molecule has 11 aromatic rings. The van der Waals surface area contributed by atoms with Crippen LogP contribution in [0.25, 0.3) is 94.1 Å². The molecule has 0 saturated carbocycles. The topological polar surface area (TPSA) is 30.7 Å². The molecule has 0 unspecified atom stereocenters. The van der Waals surface area contributed by atoms with Crippen molar-refractivity contribution in [2.45, 2.75) is 5.41 Å². The lowest BCUT2D eigenvalue weighted by atomic mass is 9.70. The molecule has 2 heterocycles. The van der Waals surface area contributed by atoms with Crippen LogP contribution in [0.3, 0.4) is 0 Å². The Morgan fingerprint density at radius 1 is 0.362 bits per heavy atom. The van der Waals surface area contributed by atoms with Crippen LogP contribution in [0.1, 0.15) is 22.3 Å². The van der Waals surface area contributed by atoms with E-state index in [2.05, 4.69) is 205 Å². The fraction of sp³-hybridized carbons (Fsp3) is 0.0182. The molecule has 0 bridgehead atoms. The van der Waals surface area contributed by atoms with E-state index in [0.29, 0.717) is 5.95 Å². The van der Waals surface area contributed by atoms with E-state index in [-0.39, 0.29) is 0 Å². The fourth-order valence-electron chi connectivity index (χ4n) is 10.5. The second kappa shape index (κ2) is 11.7. The van der Waals surface area contributed by atoms with E-state index in [1.54, 1.807) is 0 Å². The minimum Gasteiger partial charge on any atom is -0.277 e. The second-order valence-electron chi connectivity index (χ2n) is 15.6. The van der Waals surface area contributed by atoms with Crippen LogP contribution in [0.2, 0.25) is 0 Å². The van der Waals surface area contributed by atoms with Crippen molar-refractivity contribution in [3.8, 4) is 50.6 Å². The largest absolute Gasteiger partial charge is 0.277 e. The molecule has 9 aromatic carbocycles. The summed E-state index contributed by atoms with van der Waals surface area (Å²) >= 11 is 0. The van der Waals surface area contributed by atoms with Gasteiger partial charge in [0.2, 0.25) is 5.95 Å². The average molecular weight is 736 g/mol. The Morgan fingerprint density at radius 2 is 0.931 bits per heavy atom. The summed E-state index contributed by atoms with van der Waals surface area (Å²) in [4.78, 5) is 11.0. The number of para-hydroxylation sites is 2. The molecule has 2 aromatic heterocycles. The molecular formula is C55H33N3. The summed E-state index contributed by atoms with van der Waals surface area (Å²) in [7, 11) is 0. The van der Waals surface area contributed by atoms with Crippen LogP contribution in [0.15, 0.2) is 200 Å². The van der Waals surface area contributed by atoms with Gasteiger partial charge >= 0.3 is 0 Å². The second-order valence-corrected chi connectivity index (χ2v) is 15.6. The van der Waals surface area contributed by atoms with Crippen molar-refractivity contribution in [1.82, 2.24) is 14.5 Å². The van der Waals surface area contributed by atoms with Gasteiger partial charge in [-0.1, -0.05) is 188 Å². The summed E-state index contributed by atoms with van der Waals surface area (Å²) in [5.74, 6) is 0.664. The van der Waals surface area contributed by atoms with E-state index in [1.807, 2.05) is 0 Å². The molecule has 0 radical (unpaired) electrons. The Kier molecular flexibility index (Phi) is 6.37. The van der Waals surface area contributed by atoms with Gasteiger partial charge in [-0.15, -0.1) is 0 Å². The van der Waals surface area contributed by atoms with Gasteiger partial charge in [0, 0.05) is 27.3 Å². The summed E-state index contributed by atoms with van der Waals surface area (Å²) < 4.78 is 2.34. The molecule has 0 aliphatic heterocycles. The summed E-state index contributed by atoms with van der Waals surface area (Å²) in [6, 6.07) is 73.0. The van der Waals surface area contributed by atoms with E-state index in [1.165, 1.54) is 77.2 Å². The van der Waals surface area contributed by atoms with Crippen molar-refractivity contribution >= 4 is 43.5 Å². The van der Waals surface area contributed by atoms with Crippen LogP contribution in [0.5, 0.6) is 0 Å². The van der Waals surface area contributed by atoms with Crippen molar-refractivity contribution < 1.29 is 0 Å². The number of fused-ring (bicyclic) bond motifs is 16. The number of aromatic nitrogens is 3. The molecule has 0 saturated heterocycles. The molecule has 268 valence electrons. The van der Waals surface area contributed by atoms with E-state index >= 15 is 0 Å². The van der Waals surface area contributed by atoms with Gasteiger partial charge in [-0.2, -0.15) is 0 Å². The molecule has 58 heavy (non-hydrogen) atoms. The predicted octanol–water partition coefficient (Wildman–Crippen LogP) is 13.6. The first-order valence-corrected chi connectivity index (χ1v) is 20.0. The third-order valence-corrected chi connectivity index (χ3v) is 12.8. The zero-order valence-electron chi connectivity index (χ0n) is 31.4. The van der Waals surface area contributed by atoms with Crippen molar-refractivity contribution in [3.05, 3.63) is 222 Å². The number of hydrogen-bond donors (Lipinski definition) is 0. The molecular weight excluding hydrogens is 703 g/mol. The van der Waals surface area contributed by atoms with Crippen molar-refractivity contribution in [1.29, 1.82) is 0 Å². The van der Waals surface area contributed by atoms with Gasteiger partial charge < -0.3 is 0 Å². The third kappa shape index (κ3) is 4.07. The summed E-state index contributed by atoms with van der Waals surface area (Å²) in [5, 5.41) is 5.89. The van der Waals surface area contributed by atoms with Crippen molar-refractivity contribution in [2.75, 3.05) is 0 Å². The monoisotopic (exact) mass is 735 g/mol. The molecule has 13 rings (SSSR count). The van der Waals surface area contributed by atoms with E-state index < -0.39 is 5.41 Å². The highest BCUT2D eigenvalue weighted by Gasteiger charge is 2.52. The van der Waals surface area contributed by atoms with E-state index in [9.17, 15) is 0 Å². The van der Waals surface area contributed by atoms with Crippen LogP contribution in [0, 0.1) is 0 Å². The predicted molar refractivity (Wildman–Crippen MR) is 239 cm³/mol. The van der Waals surface area contributed by atoms with Crippen LogP contribution >= 0.6 is 0 Å². The molecule has 2 aliphatic rings. The highest BCUT2D eigenvalue weighted by Crippen LogP contribution is 2.64. The van der Waals surface area contributed by atoms with Gasteiger partial charge in [-0.3, -0.25) is 4.57 Å². The molecule has 0 fully saturated rings. The van der Waals surface area contributed by atoms with E-state index in [0.717, 1.165) is 33.2 Å². The first-order valence-electron chi connectivity index (χ1n) is 20.0. The highest BCUT2D eigenvalue weighted by molar-refractivity contribution is 6.16. The number of rotatable bonds is 3. The Balaban J connectivity index is 1.09. The maximum absolute atomic E-state index is 5.56. The van der Waals surface area contributed by atoms with Gasteiger partial charge in [0.15, 0.2) is 0 Å². The smallest absolute Gasteiger partial charge is 0.235 e. The summed E-state index contributed by atoms with van der Waals surface area (Å²) in [6.45, 7) is 0. The number of hydrogen-bond acceptors (Lipinski definition) is 2. The first kappa shape index (κ1) is 31.6. The zero-order chi connectivity index (χ0) is 38.0. The number of benzene rings is 9. The van der Waals surface area contributed by atoms with Gasteiger partial charge in [-0.25, -0.2) is 9.97 Å². The third-order valence-electron chi connectivity index (χ3n) is 12.8. The lowest BCUT2D eigenvalue weighted by molar-refractivity contribution is 0.794. The van der Waals surface area contributed by atoms with E-state index in [4.69, 9.17) is 9.97 Å². The Hall–Kier alpha value is -7.62. The molecule has 2 aliphatic carbocycles. The molecule has 3 nitrogen and oxygen atoms in total. The normalized spacial score (nSPS) is 13.3. The molecule has 0 N–H and O–H groups in total. The Labute approximate surface area is 335 Å². The van der Waals surface area contributed by atoms with Crippen LogP contribution in [-0.4, -0.2) is 14.5 Å². The summed E-state index contributed by atoms with van der Waals surface area (Å²) in [5.41, 5.74) is 17.4. The van der Waals surface area contributed by atoms with Crippen molar-refractivity contribution in [2.24, 2.45) is 0 Å². The van der Waals surface area contributed by atoms with Gasteiger partial charge in [-0.05, 0) is 73.0 Å². The van der Waals surface area contributed by atoms with Gasteiger partial charge in [0.05, 0.1) is 27.7 Å². The average Bonchev–Trinajstić information content (AvgIpc) is 3.90. The minimum absolute atomic E-state index is 0.449. The van der Waals surface area contributed by atoms with Crippen LogP contribution < -0.4 is 0 Å². The molecule has 3 heteroatoms. The maximum atomic E-state index is 5.56. The van der Waals surface area contributed by atoms with Crippen molar-refractivity contribution in [3.63, 3.8) is 0 Å².